The van der Waals surface area contributed by atoms with Gasteiger partial charge in [0.1, 0.15) is 0 Å². The zero-order chi connectivity index (χ0) is 21.5. The first-order valence-corrected chi connectivity index (χ1v) is 9.65. The van der Waals surface area contributed by atoms with E-state index in [2.05, 4.69) is 0 Å². The lowest BCUT2D eigenvalue weighted by molar-refractivity contribution is -0.135. The maximum Gasteiger partial charge on any atom is 0.339 e. The Balaban J connectivity index is 1.68. The number of carbonyl (C=O) groups excluding carboxylic acids is 3. The van der Waals surface area contributed by atoms with Crippen molar-refractivity contribution in [1.29, 1.82) is 0 Å². The normalized spacial score (nSPS) is 11.4. The molecule has 0 radical (unpaired) electrons. The van der Waals surface area contributed by atoms with Crippen molar-refractivity contribution < 1.29 is 19.1 Å². The summed E-state index contributed by atoms with van der Waals surface area (Å²) in [5.74, 6) is -1.31. The van der Waals surface area contributed by atoms with E-state index in [1.807, 2.05) is 43.3 Å². The summed E-state index contributed by atoms with van der Waals surface area (Å²) in [5, 5.41) is 0. The van der Waals surface area contributed by atoms with Crippen molar-refractivity contribution in [2.75, 3.05) is 13.7 Å². The van der Waals surface area contributed by atoms with Crippen LogP contribution in [0.3, 0.4) is 0 Å². The lowest BCUT2D eigenvalue weighted by atomic mass is 9.98. The van der Waals surface area contributed by atoms with Gasteiger partial charge in [-0.25, -0.2) is 4.79 Å². The van der Waals surface area contributed by atoms with E-state index in [9.17, 15) is 14.4 Å². The van der Waals surface area contributed by atoms with Gasteiger partial charge in [-0.15, -0.1) is 0 Å². The second-order valence-electron chi connectivity index (χ2n) is 6.91. The zero-order valence-corrected chi connectivity index (χ0v) is 16.9. The van der Waals surface area contributed by atoms with Gasteiger partial charge in [-0.05, 0) is 18.6 Å². The molecule has 0 aliphatic rings. The van der Waals surface area contributed by atoms with E-state index in [1.54, 1.807) is 49.5 Å². The van der Waals surface area contributed by atoms with Gasteiger partial charge in [0.2, 0.25) is 0 Å². The van der Waals surface area contributed by atoms with Crippen LogP contribution in [0.15, 0.2) is 84.9 Å². The Kier molecular flexibility index (Phi) is 6.75. The van der Waals surface area contributed by atoms with E-state index in [1.165, 1.54) is 11.0 Å². The summed E-state index contributed by atoms with van der Waals surface area (Å²) < 4.78 is 5.24. The molecular weight excluding hydrogens is 378 g/mol. The fraction of sp³-hybridized carbons (Fsp3) is 0.160. The molecule has 0 spiro atoms. The first-order chi connectivity index (χ1) is 14.5. The fourth-order valence-electron chi connectivity index (χ4n) is 3.08. The predicted octanol–water partition coefficient (Wildman–Crippen LogP) is 4.29. The third kappa shape index (κ3) is 4.81. The summed E-state index contributed by atoms with van der Waals surface area (Å²) in [6.07, 6.45) is 0. The van der Waals surface area contributed by atoms with Crippen LogP contribution in [-0.2, 0) is 9.53 Å². The Bertz CT molecular complexity index is 1030. The molecule has 1 atom stereocenters. The average Bonchev–Trinajstić information content (AvgIpc) is 2.82. The van der Waals surface area contributed by atoms with Crippen LogP contribution in [0.4, 0.5) is 0 Å². The Hall–Kier alpha value is -3.73. The van der Waals surface area contributed by atoms with Gasteiger partial charge >= 0.3 is 5.97 Å². The Labute approximate surface area is 175 Å². The number of nitrogens with zero attached hydrogens (tertiary/aromatic N) is 1. The molecule has 0 fully saturated rings. The highest BCUT2D eigenvalue weighted by Gasteiger charge is 2.22. The van der Waals surface area contributed by atoms with Crippen LogP contribution in [0.25, 0.3) is 0 Å². The number of likely N-dealkylation sites (N-methyl/N-ethyl adjacent to an activating group) is 1. The number of rotatable bonds is 7. The number of benzene rings is 3. The molecule has 0 aliphatic heterocycles. The van der Waals surface area contributed by atoms with Gasteiger partial charge in [0.15, 0.2) is 12.4 Å². The summed E-state index contributed by atoms with van der Waals surface area (Å²) in [6, 6.07) is 24.6. The molecule has 0 saturated carbocycles. The third-order valence-corrected chi connectivity index (χ3v) is 5.01. The fourth-order valence-corrected chi connectivity index (χ4v) is 3.08. The van der Waals surface area contributed by atoms with Crippen LogP contribution in [0.1, 0.15) is 44.8 Å². The molecule has 1 amide bonds. The molecule has 5 nitrogen and oxygen atoms in total. The molecule has 0 aromatic heterocycles. The van der Waals surface area contributed by atoms with E-state index in [4.69, 9.17) is 4.74 Å². The molecule has 1 unspecified atom stereocenters. The van der Waals surface area contributed by atoms with Crippen LogP contribution >= 0.6 is 0 Å². The maximum atomic E-state index is 12.8. The minimum atomic E-state index is -0.705. The van der Waals surface area contributed by atoms with Crippen LogP contribution in [0, 0.1) is 0 Å². The molecule has 0 saturated heterocycles. The van der Waals surface area contributed by atoms with Gasteiger partial charge in [0.25, 0.3) is 5.91 Å². The van der Waals surface area contributed by atoms with Crippen LogP contribution in [0.5, 0.6) is 0 Å². The number of hydrogen-bond donors (Lipinski definition) is 0. The van der Waals surface area contributed by atoms with Gasteiger partial charge in [-0.1, -0.05) is 78.9 Å². The first kappa shape index (κ1) is 21.0. The predicted molar refractivity (Wildman–Crippen MR) is 114 cm³/mol. The monoisotopic (exact) mass is 401 g/mol. The number of carbonyl (C=O) groups is 3. The van der Waals surface area contributed by atoms with Crippen LogP contribution in [-0.4, -0.2) is 36.2 Å². The minimum Gasteiger partial charge on any atom is -0.452 e. The second-order valence-corrected chi connectivity index (χ2v) is 6.91. The van der Waals surface area contributed by atoms with Crippen LogP contribution in [0.2, 0.25) is 0 Å². The summed E-state index contributed by atoms with van der Waals surface area (Å²) in [4.78, 5) is 39.5. The molecule has 3 aromatic carbocycles. The molecule has 0 heterocycles. The number of ether oxygens (including phenoxy) is 1. The third-order valence-electron chi connectivity index (χ3n) is 5.01. The highest BCUT2D eigenvalue weighted by atomic mass is 16.5. The largest absolute Gasteiger partial charge is 0.452 e. The van der Waals surface area contributed by atoms with E-state index in [-0.39, 0.29) is 28.9 Å². The van der Waals surface area contributed by atoms with Gasteiger partial charge in [0, 0.05) is 18.2 Å². The van der Waals surface area contributed by atoms with E-state index in [0.29, 0.717) is 5.56 Å². The second kappa shape index (κ2) is 9.65. The van der Waals surface area contributed by atoms with Gasteiger partial charge in [-0.2, -0.15) is 0 Å². The SMILES string of the molecule is CC(c1ccccc1)N(C)C(=O)COC(=O)c1ccccc1C(=O)c1ccccc1. The van der Waals surface area contributed by atoms with Crippen molar-refractivity contribution in [2.24, 2.45) is 0 Å². The molecular formula is C25H23NO4. The number of ketones is 1. The first-order valence-electron chi connectivity index (χ1n) is 9.65. The van der Waals surface area contributed by atoms with Gasteiger partial charge in [0.05, 0.1) is 11.6 Å². The molecule has 3 rings (SSSR count). The molecule has 0 aliphatic carbocycles. The number of esters is 1. The topological polar surface area (TPSA) is 63.7 Å². The quantitative estimate of drug-likeness (QED) is 0.438. The lowest BCUT2D eigenvalue weighted by Gasteiger charge is -2.25. The van der Waals surface area contributed by atoms with E-state index < -0.39 is 12.6 Å². The smallest absolute Gasteiger partial charge is 0.339 e. The van der Waals surface area contributed by atoms with Crippen molar-refractivity contribution in [2.45, 2.75) is 13.0 Å². The van der Waals surface area contributed by atoms with Gasteiger partial charge in [-0.3, -0.25) is 9.59 Å². The minimum absolute atomic E-state index is 0.137. The van der Waals surface area contributed by atoms with Crippen molar-refractivity contribution >= 4 is 17.7 Å². The van der Waals surface area contributed by atoms with Crippen molar-refractivity contribution in [3.63, 3.8) is 0 Å². The standard InChI is InChI=1S/C25H23NO4/c1-18(19-11-5-3-6-12-19)26(2)23(27)17-30-25(29)22-16-10-9-15-21(22)24(28)20-13-7-4-8-14-20/h3-16,18H,17H2,1-2H3. The summed E-state index contributed by atoms with van der Waals surface area (Å²) >= 11 is 0. The summed E-state index contributed by atoms with van der Waals surface area (Å²) in [6.45, 7) is 1.50. The van der Waals surface area contributed by atoms with E-state index >= 15 is 0 Å². The zero-order valence-electron chi connectivity index (χ0n) is 16.9. The van der Waals surface area contributed by atoms with Crippen molar-refractivity contribution in [3.8, 4) is 0 Å². The molecule has 0 N–H and O–H groups in total. The van der Waals surface area contributed by atoms with E-state index in [0.717, 1.165) is 5.56 Å². The van der Waals surface area contributed by atoms with Crippen molar-refractivity contribution in [1.82, 2.24) is 4.90 Å². The molecule has 30 heavy (non-hydrogen) atoms. The Morgan fingerprint density at radius 3 is 1.97 bits per heavy atom. The molecule has 5 heteroatoms. The highest BCUT2D eigenvalue weighted by Crippen LogP contribution is 2.19. The molecule has 152 valence electrons. The molecule has 0 bridgehead atoms. The summed E-state index contributed by atoms with van der Waals surface area (Å²) in [5.41, 5.74) is 1.84. The van der Waals surface area contributed by atoms with Crippen LogP contribution < -0.4 is 0 Å². The van der Waals surface area contributed by atoms with Crippen molar-refractivity contribution in [3.05, 3.63) is 107 Å². The molecule has 3 aromatic rings. The number of hydrogen-bond acceptors (Lipinski definition) is 4. The maximum absolute atomic E-state index is 12.8. The number of amides is 1. The Morgan fingerprint density at radius 1 is 0.800 bits per heavy atom. The highest BCUT2D eigenvalue weighted by molar-refractivity contribution is 6.14. The lowest BCUT2D eigenvalue weighted by Crippen LogP contribution is -2.33. The Morgan fingerprint density at radius 2 is 1.33 bits per heavy atom. The average molecular weight is 401 g/mol. The van der Waals surface area contributed by atoms with Gasteiger partial charge < -0.3 is 9.64 Å². The summed E-state index contributed by atoms with van der Waals surface area (Å²) in [7, 11) is 1.67.